The van der Waals surface area contributed by atoms with Crippen LogP contribution in [0.15, 0.2) is 53.4 Å². The second-order valence-corrected chi connectivity index (χ2v) is 12.3. The molecule has 2 unspecified atom stereocenters. The van der Waals surface area contributed by atoms with Gasteiger partial charge in [-0.3, -0.25) is 4.79 Å². The summed E-state index contributed by atoms with van der Waals surface area (Å²) in [6, 6.07) is 6.55. The van der Waals surface area contributed by atoms with Crippen molar-refractivity contribution in [2.45, 2.75) is 65.6 Å². The van der Waals surface area contributed by atoms with Crippen molar-refractivity contribution < 1.29 is 48.7 Å². The predicted octanol–water partition coefficient (Wildman–Crippen LogP) is 5.88. The quantitative estimate of drug-likeness (QED) is 0.297. The molecule has 13 heteroatoms. The van der Waals surface area contributed by atoms with Gasteiger partial charge in [0.25, 0.3) is 18.0 Å². The molecule has 1 saturated heterocycles. The fourth-order valence-electron chi connectivity index (χ4n) is 5.57. The number of likely N-dealkylation sites (tertiary alicyclic amines) is 1. The molecule has 2 atom stereocenters. The minimum Gasteiger partial charge on any atom is -0.368 e. The molecular formula is C27H27F7NO4S. The summed E-state index contributed by atoms with van der Waals surface area (Å²) in [4.78, 5) is 14.6. The molecule has 1 saturated carbocycles. The normalized spacial score (nSPS) is 23.3. The number of benzene rings is 2. The van der Waals surface area contributed by atoms with Crippen LogP contribution in [0.5, 0.6) is 0 Å². The van der Waals surface area contributed by atoms with E-state index in [1.165, 1.54) is 12.0 Å². The highest BCUT2D eigenvalue weighted by atomic mass is 32.2. The van der Waals surface area contributed by atoms with Crippen molar-refractivity contribution in [3.63, 3.8) is 0 Å². The number of hydrogen-bond acceptors (Lipinski definition) is 4. The molecule has 0 spiro atoms. The van der Waals surface area contributed by atoms with E-state index < -0.39 is 62.3 Å². The van der Waals surface area contributed by atoms with Gasteiger partial charge in [0.15, 0.2) is 9.84 Å². The Balaban J connectivity index is 1.81. The number of alkyl halides is 6. The van der Waals surface area contributed by atoms with Crippen molar-refractivity contribution in [3.8, 4) is 0 Å². The zero-order valence-corrected chi connectivity index (χ0v) is 22.2. The van der Waals surface area contributed by atoms with Crippen molar-refractivity contribution in [1.29, 1.82) is 0 Å². The summed E-state index contributed by atoms with van der Waals surface area (Å²) in [5.41, 5.74) is -7.69. The van der Waals surface area contributed by atoms with Crippen molar-refractivity contribution in [1.82, 2.24) is 4.90 Å². The maximum absolute atomic E-state index is 14.7. The summed E-state index contributed by atoms with van der Waals surface area (Å²) in [7, 11) is -3.08. The minimum atomic E-state index is -5.94. The number of halogens is 7. The first-order valence-corrected chi connectivity index (χ1v) is 13.9. The monoisotopic (exact) mass is 594 g/mol. The standard InChI is InChI=1S/C27H27F7NO4S/c1-39-24(13-3-2-4-14-24)23(36)35-16-15-25(17-35,40(37,38)21-11-9-20(28)10-12-21)18-5-7-19(8-6-18)26(31,22(29)30)27(32,33)34/h2,5-12,22H,3-4,13-17H2,1H3. The van der Waals surface area contributed by atoms with E-state index in [-0.39, 0.29) is 23.4 Å². The highest BCUT2D eigenvalue weighted by Gasteiger charge is 2.64. The average Bonchev–Trinajstić information content (AvgIpc) is 3.39. The Morgan fingerprint density at radius 2 is 1.52 bits per heavy atom. The maximum Gasteiger partial charge on any atom is 0.432 e. The molecule has 0 aromatic heterocycles. The second kappa shape index (κ2) is 10.6. The van der Waals surface area contributed by atoms with Crippen LogP contribution in [0.3, 0.4) is 0 Å². The number of ether oxygens (including phenoxy) is 1. The molecule has 2 aliphatic rings. The molecule has 219 valence electrons. The number of hydrogen-bond donors (Lipinski definition) is 0. The third-order valence-corrected chi connectivity index (χ3v) is 10.5. The molecule has 2 aromatic carbocycles. The third kappa shape index (κ3) is 4.78. The Bertz CT molecular complexity index is 1330. The van der Waals surface area contributed by atoms with Crippen molar-refractivity contribution in [3.05, 3.63) is 71.9 Å². The first-order valence-electron chi connectivity index (χ1n) is 12.5. The fourth-order valence-corrected chi connectivity index (χ4v) is 7.65. The van der Waals surface area contributed by atoms with E-state index in [0.29, 0.717) is 37.8 Å². The van der Waals surface area contributed by atoms with Gasteiger partial charge in [-0.15, -0.1) is 0 Å². The molecule has 1 radical (unpaired) electrons. The van der Waals surface area contributed by atoms with Gasteiger partial charge in [-0.25, -0.2) is 26.0 Å². The number of methoxy groups -OCH3 is 1. The Kier molecular flexibility index (Phi) is 8.05. The molecule has 4 rings (SSSR count). The molecule has 1 heterocycles. The van der Waals surface area contributed by atoms with Crippen molar-refractivity contribution >= 4 is 15.7 Å². The number of sulfone groups is 1. The summed E-state index contributed by atoms with van der Waals surface area (Å²) >= 11 is 0. The van der Waals surface area contributed by atoms with Gasteiger partial charge in [0.05, 0.1) is 4.90 Å². The Morgan fingerprint density at radius 1 is 0.950 bits per heavy atom. The molecule has 40 heavy (non-hydrogen) atoms. The zero-order valence-electron chi connectivity index (χ0n) is 21.4. The largest absolute Gasteiger partial charge is 0.432 e. The van der Waals surface area contributed by atoms with Gasteiger partial charge >= 0.3 is 6.18 Å². The van der Waals surface area contributed by atoms with Crippen LogP contribution < -0.4 is 0 Å². The van der Waals surface area contributed by atoms with E-state index in [0.717, 1.165) is 36.4 Å². The van der Waals surface area contributed by atoms with Gasteiger partial charge in [0.1, 0.15) is 16.2 Å². The third-order valence-electron chi connectivity index (χ3n) is 7.99. The van der Waals surface area contributed by atoms with E-state index >= 15 is 0 Å². The van der Waals surface area contributed by atoms with Crippen LogP contribution in [0.25, 0.3) is 0 Å². The van der Waals surface area contributed by atoms with Gasteiger partial charge in [0, 0.05) is 25.8 Å². The van der Waals surface area contributed by atoms with Crippen LogP contribution in [0, 0.1) is 12.2 Å². The van der Waals surface area contributed by atoms with Gasteiger partial charge in [0.2, 0.25) is 0 Å². The molecule has 1 amide bonds. The molecule has 2 aromatic rings. The van der Waals surface area contributed by atoms with E-state index in [1.54, 1.807) is 0 Å². The lowest BCUT2D eigenvalue weighted by atomic mass is 9.83. The summed E-state index contributed by atoms with van der Waals surface area (Å²) in [5.74, 6) is -1.16. The van der Waals surface area contributed by atoms with E-state index in [1.807, 2.05) is 6.42 Å². The highest BCUT2D eigenvalue weighted by Crippen LogP contribution is 2.49. The van der Waals surface area contributed by atoms with Crippen LogP contribution in [0.1, 0.15) is 43.2 Å². The van der Waals surface area contributed by atoms with Crippen molar-refractivity contribution in [2.24, 2.45) is 0 Å². The van der Waals surface area contributed by atoms with Gasteiger partial charge in [-0.05, 0) is 68.4 Å². The number of nitrogens with zero attached hydrogens (tertiary/aromatic N) is 1. The summed E-state index contributed by atoms with van der Waals surface area (Å²) in [6.07, 6.45) is -6.65. The predicted molar refractivity (Wildman–Crippen MR) is 130 cm³/mol. The Morgan fingerprint density at radius 3 is 2.02 bits per heavy atom. The lowest BCUT2D eigenvalue weighted by Gasteiger charge is -2.38. The molecule has 1 aliphatic carbocycles. The van der Waals surface area contributed by atoms with E-state index in [9.17, 15) is 43.9 Å². The lowest BCUT2D eigenvalue weighted by Crippen LogP contribution is -2.52. The average molecular weight is 595 g/mol. The van der Waals surface area contributed by atoms with E-state index in [4.69, 9.17) is 4.74 Å². The number of carbonyl (C=O) groups is 1. The molecule has 2 fully saturated rings. The lowest BCUT2D eigenvalue weighted by molar-refractivity contribution is -0.274. The van der Waals surface area contributed by atoms with Gasteiger partial charge in [-0.1, -0.05) is 24.3 Å². The summed E-state index contributed by atoms with van der Waals surface area (Å²) < 4.78 is 126. The van der Waals surface area contributed by atoms with E-state index in [2.05, 4.69) is 0 Å². The van der Waals surface area contributed by atoms with Crippen LogP contribution in [0.4, 0.5) is 30.7 Å². The molecule has 5 nitrogen and oxygen atoms in total. The Labute approximate surface area is 227 Å². The van der Waals surface area contributed by atoms with Crippen LogP contribution in [-0.2, 0) is 29.8 Å². The van der Waals surface area contributed by atoms with Crippen LogP contribution in [-0.4, -0.2) is 57.6 Å². The maximum atomic E-state index is 14.7. The Hall–Kier alpha value is -2.67. The smallest absolute Gasteiger partial charge is 0.368 e. The molecule has 0 N–H and O–H groups in total. The molecule has 1 aliphatic heterocycles. The second-order valence-electron chi connectivity index (χ2n) is 10.1. The van der Waals surface area contributed by atoms with Gasteiger partial charge in [-0.2, -0.15) is 13.2 Å². The van der Waals surface area contributed by atoms with Gasteiger partial charge < -0.3 is 9.64 Å². The van der Waals surface area contributed by atoms with Crippen LogP contribution >= 0.6 is 0 Å². The molecular weight excluding hydrogens is 567 g/mol. The minimum absolute atomic E-state index is 0.0670. The van der Waals surface area contributed by atoms with Crippen LogP contribution in [0.2, 0.25) is 0 Å². The SMILES string of the molecule is COC1(C(=O)N2CCC(c3ccc(C(F)(C(F)F)C(F)(F)F)cc3)(S(=O)(=O)c3ccc(F)cc3)C2)CC[CH]CC1. The highest BCUT2D eigenvalue weighted by molar-refractivity contribution is 7.92. The topological polar surface area (TPSA) is 63.7 Å². The van der Waals surface area contributed by atoms with Crippen molar-refractivity contribution in [2.75, 3.05) is 20.2 Å². The number of amides is 1. The number of carbonyl (C=O) groups excluding carboxylic acids is 1. The summed E-state index contributed by atoms with van der Waals surface area (Å²) in [6.45, 7) is -0.503. The fraction of sp³-hybridized carbons (Fsp3) is 0.481. The zero-order chi connectivity index (χ0) is 29.6. The summed E-state index contributed by atoms with van der Waals surface area (Å²) in [5, 5.41) is 0. The first-order chi connectivity index (χ1) is 18.6. The first kappa shape index (κ1) is 30.3. The number of rotatable bonds is 7. The molecule has 0 bridgehead atoms.